The SMILES string of the molecule is Cc1ccc(CNCCOC(F)(F)C(F)(F)F)cc1. The molecule has 0 radical (unpaired) electrons. The molecule has 0 unspecified atom stereocenters. The van der Waals surface area contributed by atoms with Crippen molar-refractivity contribution >= 4 is 0 Å². The van der Waals surface area contributed by atoms with Crippen LogP contribution >= 0.6 is 0 Å². The first kappa shape index (κ1) is 15.8. The van der Waals surface area contributed by atoms with Crippen molar-refractivity contribution in [1.82, 2.24) is 5.32 Å². The van der Waals surface area contributed by atoms with Crippen molar-refractivity contribution < 1.29 is 26.7 Å². The summed E-state index contributed by atoms with van der Waals surface area (Å²) >= 11 is 0. The van der Waals surface area contributed by atoms with E-state index in [9.17, 15) is 22.0 Å². The first-order valence-electron chi connectivity index (χ1n) is 5.57. The molecule has 0 fully saturated rings. The molecule has 0 aliphatic rings. The first-order chi connectivity index (χ1) is 8.72. The maximum Gasteiger partial charge on any atom is 0.482 e. The predicted molar refractivity (Wildman–Crippen MR) is 59.8 cm³/mol. The summed E-state index contributed by atoms with van der Waals surface area (Å²) in [6.45, 7) is 1.48. The van der Waals surface area contributed by atoms with Crippen LogP contribution in [-0.2, 0) is 11.3 Å². The van der Waals surface area contributed by atoms with Crippen LogP contribution in [0.3, 0.4) is 0 Å². The molecule has 0 aliphatic carbocycles. The number of benzene rings is 1. The van der Waals surface area contributed by atoms with Crippen molar-refractivity contribution in [1.29, 1.82) is 0 Å². The highest BCUT2D eigenvalue weighted by atomic mass is 19.4. The van der Waals surface area contributed by atoms with E-state index in [1.165, 1.54) is 0 Å². The molecule has 0 aliphatic heterocycles. The van der Waals surface area contributed by atoms with E-state index in [0.717, 1.165) is 11.1 Å². The molecule has 0 atom stereocenters. The van der Waals surface area contributed by atoms with Gasteiger partial charge in [-0.05, 0) is 12.5 Å². The van der Waals surface area contributed by atoms with Crippen molar-refractivity contribution in [2.24, 2.45) is 0 Å². The highest BCUT2D eigenvalue weighted by Crippen LogP contribution is 2.35. The van der Waals surface area contributed by atoms with Gasteiger partial charge in [-0.3, -0.25) is 0 Å². The average Bonchev–Trinajstić information content (AvgIpc) is 2.29. The quantitative estimate of drug-likeness (QED) is 0.639. The van der Waals surface area contributed by atoms with Crippen molar-refractivity contribution in [3.63, 3.8) is 0 Å². The van der Waals surface area contributed by atoms with Gasteiger partial charge in [-0.2, -0.15) is 22.0 Å². The Kier molecular flexibility index (Phi) is 5.25. The van der Waals surface area contributed by atoms with Crippen LogP contribution in [0.25, 0.3) is 0 Å². The summed E-state index contributed by atoms with van der Waals surface area (Å²) in [6, 6.07) is 7.44. The number of halogens is 5. The lowest BCUT2D eigenvalue weighted by atomic mass is 10.1. The van der Waals surface area contributed by atoms with E-state index < -0.39 is 18.9 Å². The Labute approximate surface area is 107 Å². The van der Waals surface area contributed by atoms with Gasteiger partial charge in [0, 0.05) is 13.1 Å². The zero-order valence-electron chi connectivity index (χ0n) is 10.2. The minimum absolute atomic E-state index is 0.0977. The van der Waals surface area contributed by atoms with Crippen LogP contribution in [0.5, 0.6) is 0 Å². The fourth-order valence-electron chi connectivity index (χ4n) is 1.27. The summed E-state index contributed by atoms with van der Waals surface area (Å²) in [5, 5.41) is 2.72. The fraction of sp³-hybridized carbons (Fsp3) is 0.500. The van der Waals surface area contributed by atoms with E-state index in [4.69, 9.17) is 0 Å². The summed E-state index contributed by atoms with van der Waals surface area (Å²) in [4.78, 5) is 0. The zero-order valence-corrected chi connectivity index (χ0v) is 10.2. The van der Waals surface area contributed by atoms with Gasteiger partial charge in [0.25, 0.3) is 0 Å². The van der Waals surface area contributed by atoms with Gasteiger partial charge in [-0.25, -0.2) is 0 Å². The molecule has 0 saturated carbocycles. The van der Waals surface area contributed by atoms with Crippen molar-refractivity contribution in [3.05, 3.63) is 35.4 Å². The molecule has 7 heteroatoms. The third kappa shape index (κ3) is 5.12. The molecule has 19 heavy (non-hydrogen) atoms. The van der Waals surface area contributed by atoms with Gasteiger partial charge in [0.1, 0.15) is 0 Å². The van der Waals surface area contributed by atoms with Crippen LogP contribution in [0.4, 0.5) is 22.0 Å². The van der Waals surface area contributed by atoms with E-state index >= 15 is 0 Å². The molecule has 1 rings (SSSR count). The summed E-state index contributed by atoms with van der Waals surface area (Å²) in [5.74, 6) is 0. The van der Waals surface area contributed by atoms with E-state index in [0.29, 0.717) is 6.54 Å². The molecule has 2 nitrogen and oxygen atoms in total. The van der Waals surface area contributed by atoms with E-state index in [2.05, 4.69) is 10.1 Å². The number of nitrogens with one attached hydrogen (secondary N) is 1. The standard InChI is InChI=1S/C12H14F5NO/c1-9-2-4-10(5-3-9)8-18-6-7-19-12(16,17)11(13,14)15/h2-5,18H,6-8H2,1H3. The van der Waals surface area contributed by atoms with Gasteiger partial charge in [0.2, 0.25) is 0 Å². The highest BCUT2D eigenvalue weighted by Gasteiger charge is 2.59. The summed E-state index contributed by atoms with van der Waals surface area (Å²) in [7, 11) is 0. The summed E-state index contributed by atoms with van der Waals surface area (Å²) in [6.07, 6.45) is -10.8. The normalized spacial score (nSPS) is 12.7. The number of hydrogen-bond donors (Lipinski definition) is 1. The molecule has 1 aromatic rings. The largest absolute Gasteiger partial charge is 0.482 e. The van der Waals surface area contributed by atoms with Crippen LogP contribution in [-0.4, -0.2) is 25.4 Å². The molecule has 1 aromatic carbocycles. The van der Waals surface area contributed by atoms with Gasteiger partial charge >= 0.3 is 12.3 Å². The third-order valence-electron chi connectivity index (χ3n) is 2.34. The number of hydrogen-bond acceptors (Lipinski definition) is 2. The molecular weight excluding hydrogens is 269 g/mol. The second-order valence-electron chi connectivity index (χ2n) is 4.03. The lowest BCUT2D eigenvalue weighted by Crippen LogP contribution is -2.40. The molecule has 1 N–H and O–H groups in total. The molecule has 0 aromatic heterocycles. The molecule has 0 saturated heterocycles. The van der Waals surface area contributed by atoms with E-state index in [1.807, 2.05) is 31.2 Å². The minimum Gasteiger partial charge on any atom is -0.312 e. The molecule has 0 heterocycles. The first-order valence-corrected chi connectivity index (χ1v) is 5.57. The Hall–Kier alpha value is -1.21. The second kappa shape index (κ2) is 6.29. The van der Waals surface area contributed by atoms with Gasteiger partial charge in [-0.1, -0.05) is 29.8 Å². The van der Waals surface area contributed by atoms with Gasteiger partial charge < -0.3 is 10.1 Å². The van der Waals surface area contributed by atoms with Gasteiger partial charge in [0.05, 0.1) is 6.61 Å². The molecule has 0 amide bonds. The monoisotopic (exact) mass is 283 g/mol. The summed E-state index contributed by atoms with van der Waals surface area (Å²) < 4.78 is 63.5. The summed E-state index contributed by atoms with van der Waals surface area (Å²) in [5.41, 5.74) is 1.99. The van der Waals surface area contributed by atoms with Crippen molar-refractivity contribution in [2.45, 2.75) is 25.8 Å². The highest BCUT2D eigenvalue weighted by molar-refractivity contribution is 5.20. The van der Waals surface area contributed by atoms with Gasteiger partial charge in [-0.15, -0.1) is 0 Å². The molecule has 0 spiro atoms. The third-order valence-corrected chi connectivity index (χ3v) is 2.34. The number of aryl methyl sites for hydroxylation is 1. The smallest absolute Gasteiger partial charge is 0.312 e. The Morgan fingerprint density at radius 3 is 2.16 bits per heavy atom. The van der Waals surface area contributed by atoms with Crippen LogP contribution < -0.4 is 5.32 Å². The number of rotatable bonds is 6. The van der Waals surface area contributed by atoms with Crippen LogP contribution in [0, 0.1) is 6.92 Å². The Balaban J connectivity index is 2.23. The molecule has 0 bridgehead atoms. The maximum atomic E-state index is 12.4. The Morgan fingerprint density at radius 2 is 1.63 bits per heavy atom. The Bertz CT molecular complexity index is 388. The predicted octanol–water partition coefficient (Wildman–Crippen LogP) is 3.26. The maximum absolute atomic E-state index is 12.4. The number of alkyl halides is 5. The van der Waals surface area contributed by atoms with Crippen LogP contribution in [0.1, 0.15) is 11.1 Å². The lowest BCUT2D eigenvalue weighted by Gasteiger charge is -2.19. The lowest BCUT2D eigenvalue weighted by molar-refractivity contribution is -0.390. The van der Waals surface area contributed by atoms with Gasteiger partial charge in [0.15, 0.2) is 0 Å². The molecular formula is C12H14F5NO. The Morgan fingerprint density at radius 1 is 1.05 bits per heavy atom. The zero-order chi connectivity index (χ0) is 14.5. The second-order valence-corrected chi connectivity index (χ2v) is 4.03. The molecule has 108 valence electrons. The van der Waals surface area contributed by atoms with E-state index in [-0.39, 0.29) is 6.54 Å². The number of ether oxygens (including phenoxy) is 1. The van der Waals surface area contributed by atoms with Crippen molar-refractivity contribution in [3.8, 4) is 0 Å². The van der Waals surface area contributed by atoms with Crippen molar-refractivity contribution in [2.75, 3.05) is 13.2 Å². The fourth-order valence-corrected chi connectivity index (χ4v) is 1.27. The van der Waals surface area contributed by atoms with Crippen LogP contribution in [0.15, 0.2) is 24.3 Å². The topological polar surface area (TPSA) is 21.3 Å². The minimum atomic E-state index is -5.68. The van der Waals surface area contributed by atoms with Crippen LogP contribution in [0.2, 0.25) is 0 Å². The average molecular weight is 283 g/mol. The van der Waals surface area contributed by atoms with E-state index in [1.54, 1.807) is 0 Å².